The molecule has 0 aliphatic heterocycles. The van der Waals surface area contributed by atoms with Gasteiger partial charge in [0, 0.05) is 23.1 Å². The standard InChI is InChI=1S/C21H26O4/c1-2-25-20-15(9-8-14-6-4-3-5-7-14)10-11-16-18(22)13-12-17(19(16)20)21(23)24/h8-11,14,17H,2-7,12-13H2,1H3,(H,23,24). The molecule has 0 bridgehead atoms. The van der Waals surface area contributed by atoms with Crippen molar-refractivity contribution in [3.63, 3.8) is 0 Å². The first-order chi connectivity index (χ1) is 12.1. The molecule has 2 aliphatic rings. The summed E-state index contributed by atoms with van der Waals surface area (Å²) in [4.78, 5) is 24.0. The minimum absolute atomic E-state index is 0.0104. The van der Waals surface area contributed by atoms with E-state index in [1.165, 1.54) is 32.1 Å². The number of Topliss-reactive ketones (excluding diaryl/α,β-unsaturated/α-hetero) is 1. The SMILES string of the molecule is CCOc1c(C=CC2CCCCC2)ccc2c1C(C(=O)O)CCC2=O. The molecule has 25 heavy (non-hydrogen) atoms. The number of carboxylic acids is 1. The van der Waals surface area contributed by atoms with Crippen molar-refractivity contribution in [3.05, 3.63) is 34.9 Å². The van der Waals surface area contributed by atoms with Crippen LogP contribution >= 0.6 is 0 Å². The maximum Gasteiger partial charge on any atom is 0.311 e. The Bertz CT molecular complexity index is 683. The zero-order chi connectivity index (χ0) is 17.8. The molecule has 1 unspecified atom stereocenters. The summed E-state index contributed by atoms with van der Waals surface area (Å²) in [7, 11) is 0. The predicted octanol–water partition coefficient (Wildman–Crippen LogP) is 4.82. The molecule has 0 spiro atoms. The molecule has 134 valence electrons. The summed E-state index contributed by atoms with van der Waals surface area (Å²) in [5.41, 5.74) is 1.96. The molecule has 4 nitrogen and oxygen atoms in total. The Morgan fingerprint density at radius 2 is 2.00 bits per heavy atom. The fourth-order valence-electron chi connectivity index (χ4n) is 4.01. The Kier molecular flexibility index (Phi) is 5.57. The van der Waals surface area contributed by atoms with Gasteiger partial charge in [0.1, 0.15) is 5.75 Å². The number of fused-ring (bicyclic) bond motifs is 1. The van der Waals surface area contributed by atoms with Crippen LogP contribution in [0.15, 0.2) is 18.2 Å². The highest BCUT2D eigenvalue weighted by Crippen LogP contribution is 2.41. The fourth-order valence-corrected chi connectivity index (χ4v) is 4.01. The molecule has 0 amide bonds. The third-order valence-electron chi connectivity index (χ3n) is 5.32. The highest BCUT2D eigenvalue weighted by atomic mass is 16.5. The lowest BCUT2D eigenvalue weighted by Crippen LogP contribution is -2.23. The summed E-state index contributed by atoms with van der Waals surface area (Å²) in [5.74, 6) is -0.389. The summed E-state index contributed by atoms with van der Waals surface area (Å²) >= 11 is 0. The minimum Gasteiger partial charge on any atom is -0.493 e. The van der Waals surface area contributed by atoms with E-state index in [-0.39, 0.29) is 12.2 Å². The van der Waals surface area contributed by atoms with Gasteiger partial charge in [-0.1, -0.05) is 43.5 Å². The first-order valence-electron chi connectivity index (χ1n) is 9.35. The van der Waals surface area contributed by atoms with Gasteiger partial charge in [-0.3, -0.25) is 9.59 Å². The molecular weight excluding hydrogens is 316 g/mol. The molecule has 0 radical (unpaired) electrons. The Balaban J connectivity index is 2.01. The lowest BCUT2D eigenvalue weighted by Gasteiger charge is -2.25. The summed E-state index contributed by atoms with van der Waals surface area (Å²) in [5, 5.41) is 9.60. The summed E-state index contributed by atoms with van der Waals surface area (Å²) in [6, 6.07) is 3.67. The molecule has 0 heterocycles. The molecule has 3 rings (SSSR count). The van der Waals surface area contributed by atoms with Gasteiger partial charge in [-0.15, -0.1) is 0 Å². The third-order valence-corrected chi connectivity index (χ3v) is 5.32. The molecule has 4 heteroatoms. The van der Waals surface area contributed by atoms with Gasteiger partial charge < -0.3 is 9.84 Å². The molecule has 2 aliphatic carbocycles. The van der Waals surface area contributed by atoms with Gasteiger partial charge in [0.25, 0.3) is 0 Å². The van der Waals surface area contributed by atoms with Crippen LogP contribution in [0.4, 0.5) is 0 Å². The van der Waals surface area contributed by atoms with E-state index in [4.69, 9.17) is 4.74 Å². The van der Waals surface area contributed by atoms with Gasteiger partial charge >= 0.3 is 5.97 Å². The van der Waals surface area contributed by atoms with Crippen LogP contribution in [0, 0.1) is 5.92 Å². The van der Waals surface area contributed by atoms with Crippen LogP contribution in [0.1, 0.15) is 79.3 Å². The van der Waals surface area contributed by atoms with Gasteiger partial charge in [-0.05, 0) is 32.1 Å². The van der Waals surface area contributed by atoms with Gasteiger partial charge in [-0.2, -0.15) is 0 Å². The van der Waals surface area contributed by atoms with Gasteiger partial charge in [0.15, 0.2) is 5.78 Å². The van der Waals surface area contributed by atoms with E-state index in [1.54, 1.807) is 6.07 Å². The number of ketones is 1. The molecule has 1 fully saturated rings. The van der Waals surface area contributed by atoms with Crippen LogP contribution < -0.4 is 4.74 Å². The normalized spacial score (nSPS) is 21.3. The fraction of sp³-hybridized carbons (Fsp3) is 0.524. The predicted molar refractivity (Wildman–Crippen MR) is 97.2 cm³/mol. The van der Waals surface area contributed by atoms with Crippen molar-refractivity contribution in [3.8, 4) is 5.75 Å². The van der Waals surface area contributed by atoms with E-state index in [0.29, 0.717) is 35.8 Å². The third kappa shape index (κ3) is 3.78. The molecule has 1 aromatic rings. The van der Waals surface area contributed by atoms with Crippen molar-refractivity contribution in [2.75, 3.05) is 6.61 Å². The van der Waals surface area contributed by atoms with Gasteiger partial charge in [-0.25, -0.2) is 0 Å². The van der Waals surface area contributed by atoms with Crippen LogP contribution in [0.3, 0.4) is 0 Å². The van der Waals surface area contributed by atoms with Gasteiger partial charge in [0.2, 0.25) is 0 Å². The Morgan fingerprint density at radius 1 is 1.24 bits per heavy atom. The number of benzene rings is 1. The molecule has 1 saturated carbocycles. The second-order valence-electron chi connectivity index (χ2n) is 6.99. The molecule has 1 N–H and O–H groups in total. The Labute approximate surface area is 148 Å². The van der Waals surface area contributed by atoms with Crippen molar-refractivity contribution in [1.29, 1.82) is 0 Å². The second-order valence-corrected chi connectivity index (χ2v) is 6.99. The molecule has 1 aromatic carbocycles. The van der Waals surface area contributed by atoms with Crippen LogP contribution in [0.25, 0.3) is 6.08 Å². The number of hydrogen-bond donors (Lipinski definition) is 1. The van der Waals surface area contributed by atoms with E-state index < -0.39 is 11.9 Å². The van der Waals surface area contributed by atoms with Crippen LogP contribution in [0.5, 0.6) is 5.75 Å². The van der Waals surface area contributed by atoms with E-state index in [9.17, 15) is 14.7 Å². The number of allylic oxidation sites excluding steroid dienone is 1. The minimum atomic E-state index is -0.886. The molecular formula is C21H26O4. The lowest BCUT2D eigenvalue weighted by atomic mass is 9.80. The quantitative estimate of drug-likeness (QED) is 0.833. The first kappa shape index (κ1) is 17.7. The molecule has 0 aromatic heterocycles. The monoisotopic (exact) mass is 342 g/mol. The van der Waals surface area contributed by atoms with Gasteiger partial charge in [0.05, 0.1) is 12.5 Å². The molecule has 0 saturated heterocycles. The number of carboxylic acid groups (broad SMARTS) is 1. The summed E-state index contributed by atoms with van der Waals surface area (Å²) in [6.07, 6.45) is 11.2. The van der Waals surface area contributed by atoms with Crippen LogP contribution in [-0.2, 0) is 4.79 Å². The summed E-state index contributed by atoms with van der Waals surface area (Å²) in [6.45, 7) is 2.33. The van der Waals surface area contributed by atoms with E-state index in [1.807, 2.05) is 13.0 Å². The maximum absolute atomic E-state index is 12.3. The first-order valence-corrected chi connectivity index (χ1v) is 9.35. The Morgan fingerprint density at radius 3 is 2.68 bits per heavy atom. The van der Waals surface area contributed by atoms with Crippen molar-refractivity contribution >= 4 is 17.8 Å². The number of carbonyl (C=O) groups excluding carboxylic acids is 1. The van der Waals surface area contributed by atoms with Crippen molar-refractivity contribution < 1.29 is 19.4 Å². The second kappa shape index (κ2) is 7.85. The number of aliphatic carboxylic acids is 1. The van der Waals surface area contributed by atoms with Crippen molar-refractivity contribution in [2.45, 2.75) is 57.8 Å². The topological polar surface area (TPSA) is 63.6 Å². The Hall–Kier alpha value is -2.10. The summed E-state index contributed by atoms with van der Waals surface area (Å²) < 4.78 is 5.84. The van der Waals surface area contributed by atoms with E-state index in [0.717, 1.165) is 5.56 Å². The number of rotatable bonds is 5. The highest BCUT2D eigenvalue weighted by Gasteiger charge is 2.34. The lowest BCUT2D eigenvalue weighted by molar-refractivity contribution is -0.139. The highest BCUT2D eigenvalue weighted by molar-refractivity contribution is 6.02. The molecule has 1 atom stereocenters. The largest absolute Gasteiger partial charge is 0.493 e. The number of hydrogen-bond acceptors (Lipinski definition) is 3. The van der Waals surface area contributed by atoms with Crippen LogP contribution in [0.2, 0.25) is 0 Å². The van der Waals surface area contributed by atoms with Crippen LogP contribution in [-0.4, -0.2) is 23.5 Å². The smallest absolute Gasteiger partial charge is 0.311 e. The average Bonchev–Trinajstić information content (AvgIpc) is 2.62. The van der Waals surface area contributed by atoms with Crippen molar-refractivity contribution in [1.82, 2.24) is 0 Å². The number of ether oxygens (including phenoxy) is 1. The van der Waals surface area contributed by atoms with E-state index in [2.05, 4.69) is 12.2 Å². The van der Waals surface area contributed by atoms with E-state index >= 15 is 0 Å². The van der Waals surface area contributed by atoms with Crippen molar-refractivity contribution in [2.24, 2.45) is 5.92 Å². The number of carbonyl (C=O) groups is 2. The zero-order valence-corrected chi connectivity index (χ0v) is 14.8. The maximum atomic E-state index is 12.3. The zero-order valence-electron chi connectivity index (χ0n) is 14.8. The average molecular weight is 342 g/mol.